The van der Waals surface area contributed by atoms with Crippen LogP contribution >= 0.6 is 0 Å². The van der Waals surface area contributed by atoms with Gasteiger partial charge in [0.15, 0.2) is 11.6 Å². The van der Waals surface area contributed by atoms with Crippen LogP contribution in [0.5, 0.6) is 0 Å². The molecule has 0 unspecified atom stereocenters. The lowest BCUT2D eigenvalue weighted by Gasteiger charge is -2.19. The van der Waals surface area contributed by atoms with Crippen molar-refractivity contribution in [2.45, 2.75) is 12.6 Å². The Morgan fingerprint density at radius 2 is 1.83 bits per heavy atom. The van der Waals surface area contributed by atoms with Crippen molar-refractivity contribution in [1.82, 2.24) is 5.32 Å². The zero-order valence-corrected chi connectivity index (χ0v) is 9.24. The highest BCUT2D eigenvalue weighted by atomic mass is 19.4. The Kier molecular flexibility index (Phi) is 3.38. The van der Waals surface area contributed by atoms with E-state index in [0.29, 0.717) is 25.1 Å². The molecule has 98 valence electrons. The number of halogens is 5. The van der Waals surface area contributed by atoms with E-state index in [2.05, 4.69) is 5.32 Å². The van der Waals surface area contributed by atoms with E-state index in [1.54, 1.807) is 6.08 Å². The summed E-state index contributed by atoms with van der Waals surface area (Å²) in [5.74, 6) is -3.32. The second kappa shape index (κ2) is 4.68. The molecular weight excluding hydrogens is 253 g/mol. The SMILES string of the molecule is Fc1ccc(C2=CCNCC2)c(C(F)(F)F)c1F. The molecular formula is C12H10F5N. The lowest BCUT2D eigenvalue weighted by Crippen LogP contribution is -2.22. The van der Waals surface area contributed by atoms with Crippen molar-refractivity contribution in [3.63, 3.8) is 0 Å². The predicted molar refractivity (Wildman–Crippen MR) is 56.8 cm³/mol. The van der Waals surface area contributed by atoms with Crippen LogP contribution in [0.2, 0.25) is 0 Å². The lowest BCUT2D eigenvalue weighted by atomic mass is 9.94. The standard InChI is InChI=1S/C12H10F5N/c13-9-2-1-8(7-3-5-18-6-4-7)10(11(9)14)12(15,16)17/h1-3,18H,4-6H2. The molecule has 0 fully saturated rings. The normalized spacial score (nSPS) is 16.6. The van der Waals surface area contributed by atoms with E-state index in [0.717, 1.165) is 12.1 Å². The van der Waals surface area contributed by atoms with E-state index < -0.39 is 23.4 Å². The van der Waals surface area contributed by atoms with Crippen LogP contribution in [0.15, 0.2) is 18.2 Å². The average Bonchev–Trinajstić information content (AvgIpc) is 2.32. The van der Waals surface area contributed by atoms with Crippen molar-refractivity contribution in [2.75, 3.05) is 13.1 Å². The van der Waals surface area contributed by atoms with Crippen LogP contribution in [0.25, 0.3) is 5.57 Å². The third kappa shape index (κ3) is 2.38. The largest absolute Gasteiger partial charge is 0.419 e. The van der Waals surface area contributed by atoms with Crippen molar-refractivity contribution in [3.8, 4) is 0 Å². The van der Waals surface area contributed by atoms with E-state index in [1.165, 1.54) is 0 Å². The van der Waals surface area contributed by atoms with Crippen LogP contribution in [-0.2, 0) is 6.18 Å². The summed E-state index contributed by atoms with van der Waals surface area (Å²) in [5.41, 5.74) is -1.40. The molecule has 18 heavy (non-hydrogen) atoms. The van der Waals surface area contributed by atoms with Crippen LogP contribution in [0.3, 0.4) is 0 Å². The maximum Gasteiger partial charge on any atom is 0.419 e. The highest BCUT2D eigenvalue weighted by Gasteiger charge is 2.38. The molecule has 0 saturated carbocycles. The van der Waals surface area contributed by atoms with E-state index in [-0.39, 0.29) is 5.56 Å². The van der Waals surface area contributed by atoms with Gasteiger partial charge >= 0.3 is 6.18 Å². The number of nitrogens with one attached hydrogen (secondary N) is 1. The minimum Gasteiger partial charge on any atom is -0.313 e. The van der Waals surface area contributed by atoms with Gasteiger partial charge in [-0.25, -0.2) is 8.78 Å². The fourth-order valence-corrected chi connectivity index (χ4v) is 1.96. The molecule has 1 aromatic rings. The fourth-order valence-electron chi connectivity index (χ4n) is 1.96. The maximum atomic E-state index is 13.4. The minimum atomic E-state index is -4.91. The molecule has 0 bridgehead atoms. The highest BCUT2D eigenvalue weighted by Crippen LogP contribution is 2.38. The van der Waals surface area contributed by atoms with E-state index in [4.69, 9.17) is 0 Å². The summed E-state index contributed by atoms with van der Waals surface area (Å²) < 4.78 is 64.7. The van der Waals surface area contributed by atoms with Gasteiger partial charge in [0.2, 0.25) is 0 Å². The first-order valence-corrected chi connectivity index (χ1v) is 5.36. The fraction of sp³-hybridized carbons (Fsp3) is 0.333. The topological polar surface area (TPSA) is 12.0 Å². The first-order valence-electron chi connectivity index (χ1n) is 5.36. The Balaban J connectivity index is 2.60. The zero-order chi connectivity index (χ0) is 13.3. The second-order valence-electron chi connectivity index (χ2n) is 3.97. The molecule has 0 aliphatic carbocycles. The third-order valence-electron chi connectivity index (χ3n) is 2.79. The zero-order valence-electron chi connectivity index (χ0n) is 9.24. The van der Waals surface area contributed by atoms with Crippen LogP contribution in [0, 0.1) is 11.6 Å². The minimum absolute atomic E-state index is 0.275. The summed E-state index contributed by atoms with van der Waals surface area (Å²) in [6, 6.07) is 1.71. The third-order valence-corrected chi connectivity index (χ3v) is 2.79. The smallest absolute Gasteiger partial charge is 0.313 e. The van der Waals surface area contributed by atoms with Crippen LogP contribution in [-0.4, -0.2) is 13.1 Å². The Labute approximate surface area is 100 Å². The molecule has 0 spiro atoms. The van der Waals surface area contributed by atoms with Gasteiger partial charge in [0.1, 0.15) is 5.56 Å². The number of alkyl halides is 3. The van der Waals surface area contributed by atoms with Gasteiger partial charge in [0, 0.05) is 6.54 Å². The summed E-state index contributed by atoms with van der Waals surface area (Å²) in [4.78, 5) is 0. The molecule has 0 amide bonds. The van der Waals surface area contributed by atoms with Gasteiger partial charge in [0.25, 0.3) is 0 Å². The van der Waals surface area contributed by atoms with Crippen LogP contribution in [0.1, 0.15) is 17.5 Å². The summed E-state index contributed by atoms with van der Waals surface area (Å²) in [5, 5.41) is 2.94. The van der Waals surface area contributed by atoms with Crippen molar-refractivity contribution in [3.05, 3.63) is 41.0 Å². The first-order chi connectivity index (χ1) is 8.41. The molecule has 1 aliphatic heterocycles. The lowest BCUT2D eigenvalue weighted by molar-refractivity contribution is -0.140. The Hall–Kier alpha value is -1.43. The van der Waals surface area contributed by atoms with Gasteiger partial charge < -0.3 is 5.32 Å². The summed E-state index contributed by atoms with van der Waals surface area (Å²) in [6.45, 7) is 0.938. The molecule has 1 aliphatic rings. The molecule has 1 heterocycles. The Morgan fingerprint density at radius 1 is 1.11 bits per heavy atom. The van der Waals surface area contributed by atoms with E-state index in [9.17, 15) is 22.0 Å². The first kappa shape index (κ1) is 13.0. The quantitative estimate of drug-likeness (QED) is 0.766. The second-order valence-corrected chi connectivity index (χ2v) is 3.97. The molecule has 0 aromatic heterocycles. The predicted octanol–water partition coefficient (Wildman–Crippen LogP) is 3.36. The summed E-state index contributed by atoms with van der Waals surface area (Å²) in [6.07, 6.45) is -2.99. The van der Waals surface area contributed by atoms with Crippen molar-refractivity contribution >= 4 is 5.57 Å². The maximum absolute atomic E-state index is 13.4. The van der Waals surface area contributed by atoms with Crippen molar-refractivity contribution < 1.29 is 22.0 Å². The molecule has 0 atom stereocenters. The number of hydrogen-bond donors (Lipinski definition) is 1. The monoisotopic (exact) mass is 263 g/mol. The molecule has 6 heteroatoms. The number of benzene rings is 1. The van der Waals surface area contributed by atoms with Gasteiger partial charge in [-0.3, -0.25) is 0 Å². The van der Waals surface area contributed by atoms with Gasteiger partial charge in [-0.05, 0) is 30.2 Å². The molecule has 1 N–H and O–H groups in total. The van der Waals surface area contributed by atoms with Gasteiger partial charge in [-0.15, -0.1) is 0 Å². The Morgan fingerprint density at radius 3 is 2.39 bits per heavy atom. The van der Waals surface area contributed by atoms with Gasteiger partial charge in [0.05, 0.1) is 0 Å². The average molecular weight is 263 g/mol. The molecule has 1 nitrogen and oxygen atoms in total. The van der Waals surface area contributed by atoms with E-state index in [1.807, 2.05) is 0 Å². The van der Waals surface area contributed by atoms with Gasteiger partial charge in [-0.2, -0.15) is 13.2 Å². The van der Waals surface area contributed by atoms with Crippen molar-refractivity contribution in [1.29, 1.82) is 0 Å². The van der Waals surface area contributed by atoms with Crippen LogP contribution in [0.4, 0.5) is 22.0 Å². The molecule has 2 rings (SSSR count). The Bertz CT molecular complexity index is 490. The van der Waals surface area contributed by atoms with Crippen molar-refractivity contribution in [2.24, 2.45) is 0 Å². The number of rotatable bonds is 1. The van der Waals surface area contributed by atoms with Gasteiger partial charge in [-0.1, -0.05) is 12.1 Å². The molecule has 0 saturated heterocycles. The summed E-state index contributed by atoms with van der Waals surface area (Å²) in [7, 11) is 0. The van der Waals surface area contributed by atoms with E-state index >= 15 is 0 Å². The summed E-state index contributed by atoms with van der Waals surface area (Å²) >= 11 is 0. The number of hydrogen-bond acceptors (Lipinski definition) is 1. The highest BCUT2D eigenvalue weighted by molar-refractivity contribution is 5.70. The molecule has 1 aromatic carbocycles. The molecule has 0 radical (unpaired) electrons. The van der Waals surface area contributed by atoms with Crippen LogP contribution < -0.4 is 5.32 Å².